The molecule has 0 bridgehead atoms. The van der Waals surface area contributed by atoms with Crippen LogP contribution in [0.3, 0.4) is 0 Å². The number of rotatable bonds is 6. The number of carbonyl (C=O) groups is 2. The lowest BCUT2D eigenvalue weighted by atomic mass is 10.1. The zero-order chi connectivity index (χ0) is 15.1. The summed E-state index contributed by atoms with van der Waals surface area (Å²) in [6.45, 7) is 2.02. The van der Waals surface area contributed by atoms with Crippen LogP contribution in [-0.2, 0) is 20.7 Å². The first-order valence-corrected chi connectivity index (χ1v) is 7.05. The van der Waals surface area contributed by atoms with E-state index in [1.54, 1.807) is 12.1 Å². The topological polar surface area (TPSA) is 87.7 Å². The van der Waals surface area contributed by atoms with E-state index in [0.717, 1.165) is 17.8 Å². The fourth-order valence-electron chi connectivity index (χ4n) is 2.19. The standard InChI is InChI=1S/C15H20N2O4/c18-14(9-13-10-21-8-7-16-13)17-12-4-1-11(2-5-12)3-6-15(19)20/h1-2,4-5,13,16H,3,6-10H2,(H,17,18)(H,19,20). The fourth-order valence-corrected chi connectivity index (χ4v) is 2.19. The van der Waals surface area contributed by atoms with E-state index >= 15 is 0 Å². The first-order chi connectivity index (χ1) is 10.1. The van der Waals surface area contributed by atoms with E-state index in [1.165, 1.54) is 0 Å². The van der Waals surface area contributed by atoms with Crippen molar-refractivity contribution in [3.8, 4) is 0 Å². The van der Waals surface area contributed by atoms with Crippen LogP contribution >= 0.6 is 0 Å². The Kier molecular flexibility index (Phi) is 5.71. The van der Waals surface area contributed by atoms with Crippen LogP contribution < -0.4 is 10.6 Å². The van der Waals surface area contributed by atoms with E-state index in [0.29, 0.717) is 26.1 Å². The second-order valence-electron chi connectivity index (χ2n) is 5.07. The lowest BCUT2D eigenvalue weighted by Crippen LogP contribution is -2.43. The third-order valence-electron chi connectivity index (χ3n) is 3.30. The maximum Gasteiger partial charge on any atom is 0.303 e. The van der Waals surface area contributed by atoms with E-state index in [9.17, 15) is 9.59 Å². The van der Waals surface area contributed by atoms with Crippen molar-refractivity contribution in [3.05, 3.63) is 29.8 Å². The van der Waals surface area contributed by atoms with Crippen molar-refractivity contribution in [1.82, 2.24) is 5.32 Å². The number of anilines is 1. The van der Waals surface area contributed by atoms with Crippen LogP contribution in [-0.4, -0.2) is 42.8 Å². The summed E-state index contributed by atoms with van der Waals surface area (Å²) in [4.78, 5) is 22.4. The van der Waals surface area contributed by atoms with E-state index in [2.05, 4.69) is 10.6 Å². The third kappa shape index (κ3) is 5.53. The average Bonchev–Trinajstić information content (AvgIpc) is 2.47. The molecule has 1 aliphatic rings. The van der Waals surface area contributed by atoms with Crippen LogP contribution in [0.4, 0.5) is 5.69 Å². The van der Waals surface area contributed by atoms with Gasteiger partial charge in [-0.2, -0.15) is 0 Å². The van der Waals surface area contributed by atoms with E-state index in [4.69, 9.17) is 9.84 Å². The van der Waals surface area contributed by atoms with Gasteiger partial charge in [-0.1, -0.05) is 12.1 Å². The maximum absolute atomic E-state index is 11.9. The first kappa shape index (κ1) is 15.5. The molecule has 3 N–H and O–H groups in total. The number of hydrogen-bond donors (Lipinski definition) is 3. The molecule has 1 aromatic carbocycles. The van der Waals surface area contributed by atoms with Crippen molar-refractivity contribution in [2.45, 2.75) is 25.3 Å². The number of morpholine rings is 1. The molecule has 1 heterocycles. The number of carboxylic acid groups (broad SMARTS) is 1. The zero-order valence-corrected chi connectivity index (χ0v) is 11.8. The number of aliphatic carboxylic acids is 1. The number of amides is 1. The zero-order valence-electron chi connectivity index (χ0n) is 11.8. The van der Waals surface area contributed by atoms with Crippen LogP contribution in [0.2, 0.25) is 0 Å². The van der Waals surface area contributed by atoms with Crippen molar-refractivity contribution >= 4 is 17.6 Å². The summed E-state index contributed by atoms with van der Waals surface area (Å²) in [7, 11) is 0. The summed E-state index contributed by atoms with van der Waals surface area (Å²) in [5.74, 6) is -0.870. The molecule has 1 fully saturated rings. The van der Waals surface area contributed by atoms with Gasteiger partial charge in [-0.15, -0.1) is 0 Å². The van der Waals surface area contributed by atoms with E-state index in [1.807, 2.05) is 12.1 Å². The summed E-state index contributed by atoms with van der Waals surface area (Å²) in [5, 5.41) is 14.7. The van der Waals surface area contributed by atoms with Crippen LogP contribution in [0.25, 0.3) is 0 Å². The average molecular weight is 292 g/mol. The molecule has 1 amide bonds. The Bertz CT molecular complexity index is 481. The SMILES string of the molecule is O=C(O)CCc1ccc(NC(=O)CC2COCCN2)cc1. The quantitative estimate of drug-likeness (QED) is 0.728. The van der Waals surface area contributed by atoms with Crippen molar-refractivity contribution in [1.29, 1.82) is 0 Å². The maximum atomic E-state index is 11.9. The van der Waals surface area contributed by atoms with Gasteiger partial charge in [-0.25, -0.2) is 0 Å². The number of carbonyl (C=O) groups excluding carboxylic acids is 1. The van der Waals surface area contributed by atoms with Gasteiger partial charge >= 0.3 is 5.97 Å². The Morgan fingerprint density at radius 3 is 2.71 bits per heavy atom. The number of carboxylic acids is 1. The molecule has 1 atom stereocenters. The predicted molar refractivity (Wildman–Crippen MR) is 78.3 cm³/mol. The minimum absolute atomic E-state index is 0.0590. The van der Waals surface area contributed by atoms with Crippen molar-refractivity contribution in [3.63, 3.8) is 0 Å². The molecule has 114 valence electrons. The fraction of sp³-hybridized carbons (Fsp3) is 0.467. The van der Waals surface area contributed by atoms with Gasteiger partial charge in [0.2, 0.25) is 5.91 Å². The van der Waals surface area contributed by atoms with Gasteiger partial charge in [0.05, 0.1) is 13.2 Å². The molecule has 0 spiro atoms. The summed E-state index contributed by atoms with van der Waals surface area (Å²) in [5.41, 5.74) is 1.66. The molecule has 0 aliphatic carbocycles. The lowest BCUT2D eigenvalue weighted by Gasteiger charge is -2.23. The smallest absolute Gasteiger partial charge is 0.303 e. The third-order valence-corrected chi connectivity index (χ3v) is 3.30. The predicted octanol–water partition coefficient (Wildman–Crippen LogP) is 1.02. The minimum Gasteiger partial charge on any atom is -0.481 e. The van der Waals surface area contributed by atoms with Gasteiger partial charge in [-0.05, 0) is 24.1 Å². The summed E-state index contributed by atoms with van der Waals surface area (Å²) in [6, 6.07) is 7.31. The second-order valence-corrected chi connectivity index (χ2v) is 5.07. The van der Waals surface area contributed by atoms with Gasteiger partial charge in [-0.3, -0.25) is 9.59 Å². The molecule has 0 saturated carbocycles. The highest BCUT2D eigenvalue weighted by Gasteiger charge is 2.16. The molecule has 1 aromatic rings. The minimum atomic E-state index is -0.811. The van der Waals surface area contributed by atoms with Gasteiger partial charge in [0.1, 0.15) is 0 Å². The molecule has 0 aromatic heterocycles. The number of aryl methyl sites for hydroxylation is 1. The molecular formula is C15H20N2O4. The Morgan fingerprint density at radius 2 is 2.10 bits per heavy atom. The van der Waals surface area contributed by atoms with Gasteiger partial charge in [0, 0.05) is 31.1 Å². The Hall–Kier alpha value is -1.92. The Morgan fingerprint density at radius 1 is 1.33 bits per heavy atom. The molecule has 2 rings (SSSR count). The second kappa shape index (κ2) is 7.75. The van der Waals surface area contributed by atoms with Gasteiger partial charge in [0.25, 0.3) is 0 Å². The van der Waals surface area contributed by atoms with Crippen molar-refractivity contribution in [2.75, 3.05) is 25.1 Å². The molecule has 1 aliphatic heterocycles. The van der Waals surface area contributed by atoms with Crippen LogP contribution in [0.1, 0.15) is 18.4 Å². The highest BCUT2D eigenvalue weighted by molar-refractivity contribution is 5.91. The lowest BCUT2D eigenvalue weighted by molar-refractivity contribution is -0.137. The van der Waals surface area contributed by atoms with Crippen LogP contribution in [0, 0.1) is 0 Å². The summed E-state index contributed by atoms with van der Waals surface area (Å²) in [6.07, 6.45) is 0.979. The molecular weight excluding hydrogens is 272 g/mol. The molecule has 6 heteroatoms. The number of ether oxygens (including phenoxy) is 1. The summed E-state index contributed by atoms with van der Waals surface area (Å²) < 4.78 is 5.30. The number of benzene rings is 1. The number of nitrogens with one attached hydrogen (secondary N) is 2. The monoisotopic (exact) mass is 292 g/mol. The number of hydrogen-bond acceptors (Lipinski definition) is 4. The Balaban J connectivity index is 1.79. The molecule has 21 heavy (non-hydrogen) atoms. The summed E-state index contributed by atoms with van der Waals surface area (Å²) >= 11 is 0. The largest absolute Gasteiger partial charge is 0.481 e. The van der Waals surface area contributed by atoms with E-state index in [-0.39, 0.29) is 18.4 Å². The van der Waals surface area contributed by atoms with Gasteiger partial charge < -0.3 is 20.5 Å². The first-order valence-electron chi connectivity index (χ1n) is 7.05. The Labute approximate surface area is 123 Å². The highest BCUT2D eigenvalue weighted by atomic mass is 16.5. The highest BCUT2D eigenvalue weighted by Crippen LogP contribution is 2.12. The van der Waals surface area contributed by atoms with E-state index < -0.39 is 5.97 Å². The van der Waals surface area contributed by atoms with Crippen LogP contribution in [0.15, 0.2) is 24.3 Å². The normalized spacial score (nSPS) is 18.2. The van der Waals surface area contributed by atoms with Crippen molar-refractivity contribution in [2.24, 2.45) is 0 Å². The molecule has 1 unspecified atom stereocenters. The van der Waals surface area contributed by atoms with Crippen molar-refractivity contribution < 1.29 is 19.4 Å². The molecule has 6 nitrogen and oxygen atoms in total. The molecule has 0 radical (unpaired) electrons. The van der Waals surface area contributed by atoms with Crippen LogP contribution in [0.5, 0.6) is 0 Å². The molecule has 1 saturated heterocycles. The van der Waals surface area contributed by atoms with Gasteiger partial charge in [0.15, 0.2) is 0 Å².